The maximum Gasteiger partial charge on any atom is 0.490 e. The fourth-order valence-electron chi connectivity index (χ4n) is 2.73. The molecule has 4 nitrogen and oxygen atoms in total. The molecule has 3 aliphatic rings. The summed E-state index contributed by atoms with van der Waals surface area (Å²) in [6.45, 7) is 9.92. The topological polar surface area (TPSA) is 39.7 Å². The highest BCUT2D eigenvalue weighted by atomic mass is 16.7. The largest absolute Gasteiger partial charge is 0.490 e. The summed E-state index contributed by atoms with van der Waals surface area (Å²) < 4.78 is 17.8. The zero-order valence-corrected chi connectivity index (χ0v) is 11.7. The normalized spacial score (nSPS) is 37.6. The summed E-state index contributed by atoms with van der Waals surface area (Å²) in [5, 5.41) is 3.54. The highest BCUT2D eigenvalue weighted by Crippen LogP contribution is 2.39. The molecule has 3 rings (SSSR count). The highest BCUT2D eigenvalue weighted by Gasteiger charge is 2.53. The lowest BCUT2D eigenvalue weighted by atomic mass is 9.72. The minimum atomic E-state index is -0.255. The van der Waals surface area contributed by atoms with Crippen molar-refractivity contribution in [1.82, 2.24) is 5.32 Å². The van der Waals surface area contributed by atoms with Crippen LogP contribution in [0.15, 0.2) is 11.5 Å². The van der Waals surface area contributed by atoms with Crippen LogP contribution in [0.5, 0.6) is 0 Å². The van der Waals surface area contributed by atoms with E-state index in [1.165, 1.54) is 5.47 Å². The number of ether oxygens (including phenoxy) is 1. The third kappa shape index (κ3) is 2.03. The SMILES string of the molecule is CC1(C)OB(C2=CC3COCC(C2)N3)OC1(C)C. The molecule has 0 aliphatic carbocycles. The minimum absolute atomic E-state index is 0.194. The molecular formula is C13H22BNO3. The number of morpholine rings is 1. The van der Waals surface area contributed by atoms with E-state index in [4.69, 9.17) is 14.0 Å². The number of fused-ring (bicyclic) bond motifs is 2. The Labute approximate surface area is 109 Å². The molecule has 2 bridgehead atoms. The molecule has 1 N–H and O–H groups in total. The lowest BCUT2D eigenvalue weighted by molar-refractivity contribution is 0.00578. The van der Waals surface area contributed by atoms with E-state index in [-0.39, 0.29) is 18.3 Å². The van der Waals surface area contributed by atoms with Crippen molar-refractivity contribution in [1.29, 1.82) is 0 Å². The van der Waals surface area contributed by atoms with Crippen molar-refractivity contribution in [3.63, 3.8) is 0 Å². The van der Waals surface area contributed by atoms with Gasteiger partial charge < -0.3 is 19.4 Å². The molecule has 2 unspecified atom stereocenters. The van der Waals surface area contributed by atoms with Crippen molar-refractivity contribution >= 4 is 7.12 Å². The molecule has 0 aromatic carbocycles. The van der Waals surface area contributed by atoms with Gasteiger partial charge in [-0.3, -0.25) is 0 Å². The van der Waals surface area contributed by atoms with E-state index in [9.17, 15) is 0 Å². The fraction of sp³-hybridized carbons (Fsp3) is 0.846. The minimum Gasteiger partial charge on any atom is -0.400 e. The van der Waals surface area contributed by atoms with Gasteiger partial charge in [0.15, 0.2) is 0 Å². The first-order chi connectivity index (χ1) is 8.37. The van der Waals surface area contributed by atoms with Crippen molar-refractivity contribution in [3.8, 4) is 0 Å². The van der Waals surface area contributed by atoms with Crippen LogP contribution in [0.1, 0.15) is 34.1 Å². The second-order valence-corrected chi connectivity index (χ2v) is 6.54. The van der Waals surface area contributed by atoms with Crippen LogP contribution in [0.4, 0.5) is 0 Å². The number of rotatable bonds is 1. The molecule has 0 amide bonds. The van der Waals surface area contributed by atoms with E-state index >= 15 is 0 Å². The van der Waals surface area contributed by atoms with E-state index in [2.05, 4.69) is 39.1 Å². The van der Waals surface area contributed by atoms with E-state index in [1.807, 2.05) is 0 Å². The molecular weight excluding hydrogens is 229 g/mol. The lowest BCUT2D eigenvalue weighted by Gasteiger charge is -2.35. The standard InChI is InChI=1S/C13H22BNO3/c1-12(2)13(3,4)18-14(17-12)9-5-10-7-16-8-11(6-9)15-10/h5,10-11,15H,6-8H2,1-4H3. The Bertz CT molecular complexity index is 364. The fourth-order valence-corrected chi connectivity index (χ4v) is 2.73. The summed E-state index contributed by atoms with van der Waals surface area (Å²) in [5.74, 6) is 0. The Morgan fingerprint density at radius 1 is 1.17 bits per heavy atom. The van der Waals surface area contributed by atoms with E-state index in [0.29, 0.717) is 12.1 Å². The highest BCUT2D eigenvalue weighted by molar-refractivity contribution is 6.54. The van der Waals surface area contributed by atoms with Crippen LogP contribution in [0.25, 0.3) is 0 Å². The Balaban J connectivity index is 1.79. The molecule has 100 valence electrons. The van der Waals surface area contributed by atoms with Crippen molar-refractivity contribution in [2.24, 2.45) is 0 Å². The van der Waals surface area contributed by atoms with Gasteiger partial charge in [0.25, 0.3) is 0 Å². The lowest BCUT2D eigenvalue weighted by Crippen LogP contribution is -2.52. The number of nitrogens with one attached hydrogen (secondary N) is 1. The molecule has 0 radical (unpaired) electrons. The van der Waals surface area contributed by atoms with Gasteiger partial charge in [-0.25, -0.2) is 0 Å². The van der Waals surface area contributed by atoms with Gasteiger partial charge in [0.1, 0.15) is 0 Å². The molecule has 5 heteroatoms. The summed E-state index contributed by atoms with van der Waals surface area (Å²) in [6, 6.07) is 0.717. The third-order valence-corrected chi connectivity index (χ3v) is 4.52. The van der Waals surface area contributed by atoms with Crippen molar-refractivity contribution in [2.45, 2.75) is 57.4 Å². The average Bonchev–Trinajstić information content (AvgIpc) is 2.47. The Hall–Kier alpha value is -0.355. The van der Waals surface area contributed by atoms with Gasteiger partial charge in [-0.15, -0.1) is 0 Å². The van der Waals surface area contributed by atoms with Gasteiger partial charge in [-0.05, 0) is 39.6 Å². The zero-order chi connectivity index (χ0) is 13.0. The molecule has 3 heterocycles. The van der Waals surface area contributed by atoms with Crippen LogP contribution >= 0.6 is 0 Å². The predicted molar refractivity (Wildman–Crippen MR) is 70.3 cm³/mol. The van der Waals surface area contributed by atoms with Crippen LogP contribution < -0.4 is 5.32 Å². The van der Waals surface area contributed by atoms with Crippen LogP contribution in [-0.4, -0.2) is 43.6 Å². The van der Waals surface area contributed by atoms with Crippen molar-refractivity contribution in [2.75, 3.05) is 13.2 Å². The number of hydrogen-bond donors (Lipinski definition) is 1. The summed E-state index contributed by atoms with van der Waals surface area (Å²) in [4.78, 5) is 0. The average molecular weight is 251 g/mol. The maximum atomic E-state index is 6.11. The predicted octanol–water partition coefficient (Wildman–Crippen LogP) is 1.30. The van der Waals surface area contributed by atoms with Gasteiger partial charge in [-0.2, -0.15) is 0 Å². The van der Waals surface area contributed by atoms with Crippen LogP contribution in [0, 0.1) is 0 Å². The second-order valence-electron chi connectivity index (χ2n) is 6.54. The van der Waals surface area contributed by atoms with Crippen LogP contribution in [-0.2, 0) is 14.0 Å². The van der Waals surface area contributed by atoms with Gasteiger partial charge in [0, 0.05) is 12.1 Å². The smallest absolute Gasteiger partial charge is 0.400 e. The molecule has 2 fully saturated rings. The summed E-state index contributed by atoms with van der Waals surface area (Å²) >= 11 is 0. The molecule has 2 atom stereocenters. The molecule has 0 spiro atoms. The molecule has 0 saturated carbocycles. The van der Waals surface area contributed by atoms with E-state index in [0.717, 1.165) is 19.6 Å². The Morgan fingerprint density at radius 2 is 1.83 bits per heavy atom. The van der Waals surface area contributed by atoms with Crippen molar-refractivity contribution in [3.05, 3.63) is 11.5 Å². The second kappa shape index (κ2) is 4.07. The Morgan fingerprint density at radius 3 is 2.44 bits per heavy atom. The molecule has 0 aromatic rings. The first-order valence-electron chi connectivity index (χ1n) is 6.77. The summed E-state index contributed by atoms with van der Waals surface area (Å²) in [7, 11) is -0.194. The first kappa shape index (κ1) is 12.7. The zero-order valence-electron chi connectivity index (χ0n) is 11.7. The maximum absolute atomic E-state index is 6.11. The number of hydrogen-bond acceptors (Lipinski definition) is 4. The van der Waals surface area contributed by atoms with Crippen LogP contribution in [0.2, 0.25) is 0 Å². The summed E-state index contributed by atoms with van der Waals surface area (Å²) in [5.41, 5.74) is 0.759. The molecule has 0 aromatic heterocycles. The van der Waals surface area contributed by atoms with Gasteiger partial charge in [0.05, 0.1) is 24.4 Å². The van der Waals surface area contributed by atoms with Crippen molar-refractivity contribution < 1.29 is 14.0 Å². The van der Waals surface area contributed by atoms with Gasteiger partial charge in [-0.1, -0.05) is 6.08 Å². The van der Waals surface area contributed by atoms with Gasteiger partial charge in [0.2, 0.25) is 0 Å². The molecule has 18 heavy (non-hydrogen) atoms. The van der Waals surface area contributed by atoms with Gasteiger partial charge >= 0.3 is 7.12 Å². The summed E-state index contributed by atoms with van der Waals surface area (Å²) in [6.07, 6.45) is 3.17. The van der Waals surface area contributed by atoms with E-state index < -0.39 is 0 Å². The van der Waals surface area contributed by atoms with E-state index in [1.54, 1.807) is 0 Å². The third-order valence-electron chi connectivity index (χ3n) is 4.52. The van der Waals surface area contributed by atoms with Crippen LogP contribution in [0.3, 0.4) is 0 Å². The first-order valence-corrected chi connectivity index (χ1v) is 6.77. The molecule has 2 saturated heterocycles. The monoisotopic (exact) mass is 251 g/mol. The quantitative estimate of drug-likeness (QED) is 0.713. The molecule has 3 aliphatic heterocycles. The Kier molecular flexibility index (Phi) is 2.86.